The van der Waals surface area contributed by atoms with E-state index in [1.54, 1.807) is 0 Å². The highest BCUT2D eigenvalue weighted by Gasteiger charge is 2.05. The Hall–Kier alpha value is -0.530. The smallest absolute Gasteiger partial charge is 0.137 e. The molecule has 0 saturated heterocycles. The van der Waals surface area contributed by atoms with Gasteiger partial charge in [0.05, 0.1) is 52.9 Å². The zero-order valence-electron chi connectivity index (χ0n) is 13.7. The third-order valence-electron chi connectivity index (χ3n) is 2.50. The fourth-order valence-electron chi connectivity index (χ4n) is 1.30. The molecule has 0 rings (SSSR count). The van der Waals surface area contributed by atoms with Crippen molar-refractivity contribution in [3.05, 3.63) is 0 Å². The molecule has 0 saturated carbocycles. The number of carbonyl (C=O) groups excluding carboxylic acids is 1. The van der Waals surface area contributed by atoms with E-state index in [4.69, 9.17) is 20.4 Å². The molecule has 2 N–H and O–H groups in total. The average Bonchev–Trinajstić information content (AvgIpc) is 2.47. The van der Waals surface area contributed by atoms with Crippen LogP contribution in [-0.2, 0) is 23.7 Å². The molecular weight excluding hydrogens is 262 g/mol. The molecule has 6 heteroatoms. The average molecular weight is 292 g/mol. The first kappa shape index (κ1) is 17.5. The van der Waals surface area contributed by atoms with Crippen LogP contribution in [0.3, 0.4) is 0 Å². The van der Waals surface area contributed by atoms with Gasteiger partial charge in [-0.25, -0.2) is 0 Å². The van der Waals surface area contributed by atoms with Crippen LogP contribution in [0, 0.1) is 5.92 Å². The normalized spacial score (nSPS) is 11.8. The Morgan fingerprint density at radius 1 is 0.900 bits per heavy atom. The van der Waals surface area contributed by atoms with E-state index >= 15 is 0 Å². The van der Waals surface area contributed by atoms with Crippen LogP contribution in [0.25, 0.3) is 0 Å². The van der Waals surface area contributed by atoms with Crippen molar-refractivity contribution in [1.82, 2.24) is 0 Å². The fourth-order valence-corrected chi connectivity index (χ4v) is 1.30. The van der Waals surface area contributed by atoms with Gasteiger partial charge in [-0.2, -0.15) is 0 Å². The van der Waals surface area contributed by atoms with Crippen molar-refractivity contribution in [1.29, 1.82) is 0 Å². The minimum atomic E-state index is 0.0780. The van der Waals surface area contributed by atoms with E-state index in [0.717, 1.165) is 0 Å². The van der Waals surface area contributed by atoms with Crippen molar-refractivity contribution in [2.24, 2.45) is 11.6 Å². The lowest BCUT2D eigenvalue weighted by Gasteiger charge is -2.07. The molecule has 0 amide bonds. The van der Waals surface area contributed by atoms with E-state index in [-0.39, 0.29) is 11.7 Å². The van der Waals surface area contributed by atoms with Crippen LogP contribution in [0.4, 0.5) is 0 Å². The molecule has 20 heavy (non-hydrogen) atoms. The van der Waals surface area contributed by atoms with Crippen molar-refractivity contribution in [3.63, 3.8) is 0 Å². The summed E-state index contributed by atoms with van der Waals surface area (Å²) in [6.07, 6.45) is 0.469. The van der Waals surface area contributed by atoms with Gasteiger partial charge in [0.2, 0.25) is 0 Å². The van der Waals surface area contributed by atoms with Gasteiger partial charge in [0, 0.05) is 18.9 Å². The van der Waals surface area contributed by atoms with Crippen LogP contribution in [0.15, 0.2) is 0 Å². The molecule has 0 aliphatic rings. The highest BCUT2D eigenvalue weighted by molar-refractivity contribution is 5.80. The monoisotopic (exact) mass is 292 g/mol. The van der Waals surface area contributed by atoms with Crippen molar-refractivity contribution in [2.45, 2.75) is 20.3 Å². The van der Waals surface area contributed by atoms with Gasteiger partial charge >= 0.3 is 0 Å². The third-order valence-corrected chi connectivity index (χ3v) is 2.50. The molecule has 0 radical (unpaired) electrons. The Kier molecular flexibility index (Phi) is 13.0. The maximum Gasteiger partial charge on any atom is 0.137 e. The highest BCUT2D eigenvalue weighted by Crippen LogP contribution is 1.98. The highest BCUT2D eigenvalue weighted by atomic mass is 16.6. The van der Waals surface area contributed by atoms with Gasteiger partial charge in [-0.15, -0.1) is 0 Å². The number of nitrogens with two attached hydrogens (primary N) is 1. The van der Waals surface area contributed by atoms with E-state index < -0.39 is 0 Å². The van der Waals surface area contributed by atoms with Crippen LogP contribution in [0.5, 0.6) is 0 Å². The van der Waals surface area contributed by atoms with E-state index in [2.05, 4.69) is 5.73 Å². The van der Waals surface area contributed by atoms with Gasteiger partial charge in [-0.1, -0.05) is 13.8 Å². The van der Waals surface area contributed by atoms with Crippen molar-refractivity contribution in [3.8, 4) is 0 Å². The van der Waals surface area contributed by atoms with Crippen LogP contribution in [0.1, 0.15) is 20.3 Å². The number of ketones is 1. The predicted molar refractivity (Wildman–Crippen MR) is 76.8 cm³/mol. The summed E-state index contributed by atoms with van der Waals surface area (Å²) in [5.74, 6) is 0.305. The molecule has 120 valence electrons. The molecule has 0 bridgehead atoms. The lowest BCUT2D eigenvalue weighted by Crippen LogP contribution is -2.15. The first-order valence-electron chi connectivity index (χ1n) is 7.66. The topological polar surface area (TPSA) is 80.0 Å². The second kappa shape index (κ2) is 14.9. The SMILES string of the molecule is [2H]NCCOCCOCCOCCOCCC(=O)C(C)C. The third kappa shape index (κ3) is 13.9. The second-order valence-corrected chi connectivity index (χ2v) is 4.57. The Balaban J connectivity index is 3.04. The lowest BCUT2D eigenvalue weighted by atomic mass is 10.1. The first-order chi connectivity index (χ1) is 10.2. The second-order valence-electron chi connectivity index (χ2n) is 4.57. The largest absolute Gasteiger partial charge is 0.379 e. The molecule has 0 aliphatic carbocycles. The van der Waals surface area contributed by atoms with Crippen molar-refractivity contribution < 1.29 is 25.2 Å². The molecule has 0 atom stereocenters. The summed E-state index contributed by atoms with van der Waals surface area (Å²) in [4.78, 5) is 11.3. The maximum absolute atomic E-state index is 11.3. The van der Waals surface area contributed by atoms with E-state index in [1.165, 1.54) is 0 Å². The Morgan fingerprint density at radius 3 is 1.80 bits per heavy atom. The molecule has 6 nitrogen and oxygen atoms in total. The number of carbonyl (C=O) groups is 1. The zero-order valence-corrected chi connectivity index (χ0v) is 12.7. The maximum atomic E-state index is 11.3. The van der Waals surface area contributed by atoms with Gasteiger partial charge < -0.3 is 24.7 Å². The predicted octanol–water partition coefficient (Wildman–Crippen LogP) is 0.627. The van der Waals surface area contributed by atoms with Crippen LogP contribution < -0.4 is 5.73 Å². The van der Waals surface area contributed by atoms with Crippen molar-refractivity contribution >= 4 is 5.78 Å². The number of rotatable bonds is 16. The molecule has 0 heterocycles. The molecule has 0 aromatic heterocycles. The van der Waals surface area contributed by atoms with Gasteiger partial charge in [0.1, 0.15) is 7.20 Å². The summed E-state index contributed by atoms with van der Waals surface area (Å²) in [7, 11) is 0. The molecule has 0 aromatic rings. The quantitative estimate of drug-likeness (QED) is 0.420. The summed E-state index contributed by atoms with van der Waals surface area (Å²) in [6.45, 7) is 8.36. The lowest BCUT2D eigenvalue weighted by molar-refractivity contribution is -0.123. The summed E-state index contributed by atoms with van der Waals surface area (Å²) >= 11 is 0. The fraction of sp³-hybridized carbons (Fsp3) is 0.929. The van der Waals surface area contributed by atoms with Crippen LogP contribution in [-0.4, -0.2) is 65.2 Å². The Bertz CT molecular complexity index is 241. The Morgan fingerprint density at radius 2 is 1.35 bits per heavy atom. The molecule has 0 fully saturated rings. The molecule has 0 aliphatic heterocycles. The van der Waals surface area contributed by atoms with Gasteiger partial charge in [-0.05, 0) is 0 Å². The minimum absolute atomic E-state index is 0.0780. The standard InChI is InChI=1S/C14H29NO5/c1-13(2)14(16)3-5-17-7-9-19-11-12-20-10-8-18-6-4-15/h13H,3-12,15H2,1-2H3/i/hD. The summed E-state index contributed by atoms with van der Waals surface area (Å²) in [5.41, 5.74) is 2.25. The van der Waals surface area contributed by atoms with Crippen LogP contribution in [0.2, 0.25) is 1.41 Å². The van der Waals surface area contributed by atoms with Gasteiger partial charge in [0.15, 0.2) is 0 Å². The minimum Gasteiger partial charge on any atom is -0.379 e. The summed E-state index contributed by atoms with van der Waals surface area (Å²) in [6, 6.07) is 0. The molecule has 0 unspecified atom stereocenters. The number of Topliss-reactive ketones (excluding diaryl/α,β-unsaturated/α-hetero) is 1. The number of hydrogen-bond acceptors (Lipinski definition) is 6. The molecular formula is C14H29NO5. The first-order valence-corrected chi connectivity index (χ1v) is 7.16. The van der Waals surface area contributed by atoms with Crippen molar-refractivity contribution in [2.75, 3.05) is 59.4 Å². The summed E-state index contributed by atoms with van der Waals surface area (Å²) in [5, 5.41) is 0. The zero-order chi connectivity index (χ0) is 15.8. The number of ether oxygens (including phenoxy) is 4. The molecule has 0 aromatic carbocycles. The van der Waals surface area contributed by atoms with E-state index in [9.17, 15) is 4.79 Å². The number of hydrogen-bond donors (Lipinski definition) is 1. The van der Waals surface area contributed by atoms with Gasteiger partial charge in [0.25, 0.3) is 0 Å². The summed E-state index contributed by atoms with van der Waals surface area (Å²) < 4.78 is 27.8. The van der Waals surface area contributed by atoms with E-state index in [0.29, 0.717) is 65.8 Å². The van der Waals surface area contributed by atoms with Gasteiger partial charge in [-0.3, -0.25) is 4.79 Å². The Labute approximate surface area is 123 Å². The van der Waals surface area contributed by atoms with E-state index in [1.807, 2.05) is 13.8 Å². The molecule has 0 spiro atoms. The van der Waals surface area contributed by atoms with Crippen LogP contribution >= 0.6 is 0 Å².